The summed E-state index contributed by atoms with van der Waals surface area (Å²) in [6.45, 7) is 0. The fourth-order valence-corrected chi connectivity index (χ4v) is 2.06. The zero-order valence-electron chi connectivity index (χ0n) is 13.3. The molecule has 0 aromatic heterocycles. The second-order valence-corrected chi connectivity index (χ2v) is 4.92. The van der Waals surface area contributed by atoms with Crippen LogP contribution in [0.3, 0.4) is 0 Å². The Morgan fingerprint density at radius 3 is 2.24 bits per heavy atom. The van der Waals surface area contributed by atoms with Crippen molar-refractivity contribution in [2.24, 2.45) is 0 Å². The predicted molar refractivity (Wildman–Crippen MR) is 90.3 cm³/mol. The van der Waals surface area contributed by atoms with E-state index in [2.05, 4.69) is 10.1 Å². The highest BCUT2D eigenvalue weighted by Crippen LogP contribution is 2.31. The van der Waals surface area contributed by atoms with Crippen molar-refractivity contribution in [2.75, 3.05) is 24.4 Å². The van der Waals surface area contributed by atoms with Gasteiger partial charge in [0.05, 0.1) is 23.0 Å². The topological polar surface area (TPSA) is 128 Å². The number of nitro benzene ring substituents is 2. The molecule has 0 saturated heterocycles. The van der Waals surface area contributed by atoms with Gasteiger partial charge in [0.1, 0.15) is 5.69 Å². The largest absolute Gasteiger partial charge is 0.452 e. The van der Waals surface area contributed by atoms with Crippen LogP contribution < -0.4 is 10.2 Å². The minimum absolute atomic E-state index is 0.115. The average Bonchev–Trinajstić information content (AvgIpc) is 2.61. The molecule has 0 aliphatic rings. The van der Waals surface area contributed by atoms with Crippen LogP contribution in [-0.4, -0.2) is 30.1 Å². The Hall–Kier alpha value is -3.69. The van der Waals surface area contributed by atoms with Gasteiger partial charge in [0.2, 0.25) is 0 Å². The Kier molecular flexibility index (Phi) is 5.12. The first kappa shape index (κ1) is 17.7. The minimum atomic E-state index is -0.700. The molecule has 0 unspecified atom stereocenters. The normalized spacial score (nSPS) is 10.0. The van der Waals surface area contributed by atoms with E-state index in [1.54, 1.807) is 24.3 Å². The van der Waals surface area contributed by atoms with E-state index in [1.165, 1.54) is 31.2 Å². The maximum atomic E-state index is 11.5. The number of nitrogens with zero attached hydrogens (tertiary/aromatic N) is 3. The first-order valence-corrected chi connectivity index (χ1v) is 6.95. The van der Waals surface area contributed by atoms with E-state index in [4.69, 9.17) is 0 Å². The Morgan fingerprint density at radius 2 is 1.72 bits per heavy atom. The predicted octanol–water partition coefficient (Wildman–Crippen LogP) is 3.45. The molecule has 0 spiro atoms. The summed E-state index contributed by atoms with van der Waals surface area (Å²) in [5.41, 5.74) is 0.413. The van der Waals surface area contributed by atoms with Crippen LogP contribution in [0.2, 0.25) is 0 Å². The Balaban J connectivity index is 2.26. The monoisotopic (exact) mass is 346 g/mol. The summed E-state index contributed by atoms with van der Waals surface area (Å²) in [5, 5.41) is 24.7. The van der Waals surface area contributed by atoms with E-state index < -0.39 is 21.6 Å². The molecule has 0 saturated carbocycles. The number of carbonyl (C=O) groups excluding carboxylic acids is 1. The lowest BCUT2D eigenvalue weighted by Gasteiger charge is -2.16. The van der Waals surface area contributed by atoms with Gasteiger partial charge in [-0.05, 0) is 30.3 Å². The van der Waals surface area contributed by atoms with Gasteiger partial charge in [-0.1, -0.05) is 0 Å². The SMILES string of the molecule is COC(=O)N(C)c1ccc(Nc2ccc([N+](=O)[O-])cc2[N+](=O)[O-])cc1. The number of non-ortho nitro benzene ring substituents is 1. The Bertz CT molecular complexity index is 821. The minimum Gasteiger partial charge on any atom is -0.452 e. The molecule has 1 amide bonds. The summed E-state index contributed by atoms with van der Waals surface area (Å²) in [5.74, 6) is 0. The van der Waals surface area contributed by atoms with Gasteiger partial charge < -0.3 is 10.1 Å². The molecule has 0 atom stereocenters. The quantitative estimate of drug-likeness (QED) is 0.648. The van der Waals surface area contributed by atoms with Crippen LogP contribution in [0.4, 0.5) is 33.2 Å². The highest BCUT2D eigenvalue weighted by Gasteiger charge is 2.19. The molecule has 0 aliphatic carbocycles. The van der Waals surface area contributed by atoms with Crippen molar-refractivity contribution < 1.29 is 19.4 Å². The summed E-state index contributed by atoms with van der Waals surface area (Å²) in [6, 6.07) is 9.80. The molecule has 25 heavy (non-hydrogen) atoms. The molecule has 2 aromatic rings. The fraction of sp³-hybridized carbons (Fsp3) is 0.133. The van der Waals surface area contributed by atoms with Crippen LogP contribution in [0, 0.1) is 20.2 Å². The van der Waals surface area contributed by atoms with Crippen molar-refractivity contribution >= 4 is 34.5 Å². The molecule has 0 aliphatic heterocycles. The molecule has 130 valence electrons. The third-order valence-corrected chi connectivity index (χ3v) is 3.37. The second kappa shape index (κ2) is 7.25. The van der Waals surface area contributed by atoms with E-state index >= 15 is 0 Å². The number of nitrogens with one attached hydrogen (secondary N) is 1. The van der Waals surface area contributed by atoms with Gasteiger partial charge in [-0.15, -0.1) is 0 Å². The van der Waals surface area contributed by atoms with Crippen molar-refractivity contribution in [3.63, 3.8) is 0 Å². The van der Waals surface area contributed by atoms with Crippen molar-refractivity contribution in [3.05, 3.63) is 62.7 Å². The summed E-state index contributed by atoms with van der Waals surface area (Å²) in [7, 11) is 2.80. The molecule has 2 rings (SSSR count). The van der Waals surface area contributed by atoms with Crippen molar-refractivity contribution in [3.8, 4) is 0 Å². The standard InChI is InChI=1S/C15H14N4O6/c1-17(15(20)25-2)11-5-3-10(4-6-11)16-13-8-7-12(18(21)22)9-14(13)19(23)24/h3-9,16H,1-2H3. The lowest BCUT2D eigenvalue weighted by molar-refractivity contribution is -0.393. The molecular weight excluding hydrogens is 332 g/mol. The lowest BCUT2D eigenvalue weighted by Crippen LogP contribution is -2.25. The van der Waals surface area contributed by atoms with Crippen LogP contribution in [-0.2, 0) is 4.74 Å². The Labute approximate surface area is 141 Å². The first-order chi connectivity index (χ1) is 11.8. The summed E-state index contributed by atoms with van der Waals surface area (Å²) in [4.78, 5) is 33.2. The van der Waals surface area contributed by atoms with Gasteiger partial charge in [0.15, 0.2) is 0 Å². The van der Waals surface area contributed by atoms with Gasteiger partial charge in [-0.2, -0.15) is 0 Å². The van der Waals surface area contributed by atoms with Crippen LogP contribution >= 0.6 is 0 Å². The van der Waals surface area contributed by atoms with Crippen LogP contribution in [0.15, 0.2) is 42.5 Å². The molecule has 2 aromatic carbocycles. The highest BCUT2D eigenvalue weighted by molar-refractivity contribution is 5.87. The molecule has 0 bridgehead atoms. The second-order valence-electron chi connectivity index (χ2n) is 4.92. The van der Waals surface area contributed by atoms with Crippen LogP contribution in [0.25, 0.3) is 0 Å². The van der Waals surface area contributed by atoms with E-state index in [-0.39, 0.29) is 11.4 Å². The number of nitro groups is 2. The highest BCUT2D eigenvalue weighted by atomic mass is 16.6. The molecule has 0 fully saturated rings. The zero-order chi connectivity index (χ0) is 18.6. The number of ether oxygens (including phenoxy) is 1. The molecule has 10 nitrogen and oxygen atoms in total. The molecule has 10 heteroatoms. The number of amides is 1. The van der Waals surface area contributed by atoms with Crippen molar-refractivity contribution in [1.29, 1.82) is 0 Å². The van der Waals surface area contributed by atoms with Gasteiger partial charge in [-0.25, -0.2) is 4.79 Å². The maximum Gasteiger partial charge on any atom is 0.413 e. The number of hydrogen-bond donors (Lipinski definition) is 1. The third-order valence-electron chi connectivity index (χ3n) is 3.37. The van der Waals surface area contributed by atoms with Crippen LogP contribution in [0.1, 0.15) is 0 Å². The zero-order valence-corrected chi connectivity index (χ0v) is 13.3. The fourth-order valence-electron chi connectivity index (χ4n) is 2.06. The number of rotatable bonds is 5. The molecule has 0 radical (unpaired) electrons. The summed E-state index contributed by atoms with van der Waals surface area (Å²) in [6.07, 6.45) is -0.535. The van der Waals surface area contributed by atoms with Crippen molar-refractivity contribution in [2.45, 2.75) is 0 Å². The van der Waals surface area contributed by atoms with Crippen LogP contribution in [0.5, 0.6) is 0 Å². The molecule has 0 heterocycles. The smallest absolute Gasteiger partial charge is 0.413 e. The molecule has 1 N–H and O–H groups in total. The number of methoxy groups -OCH3 is 1. The summed E-state index contributed by atoms with van der Waals surface area (Å²) < 4.78 is 4.61. The van der Waals surface area contributed by atoms with Gasteiger partial charge >= 0.3 is 6.09 Å². The summed E-state index contributed by atoms with van der Waals surface area (Å²) >= 11 is 0. The third kappa shape index (κ3) is 3.99. The maximum absolute atomic E-state index is 11.5. The number of benzene rings is 2. The number of anilines is 3. The lowest BCUT2D eigenvalue weighted by atomic mass is 10.2. The number of carbonyl (C=O) groups is 1. The van der Waals surface area contributed by atoms with E-state index in [9.17, 15) is 25.0 Å². The van der Waals surface area contributed by atoms with Gasteiger partial charge in [0.25, 0.3) is 11.4 Å². The van der Waals surface area contributed by atoms with Gasteiger partial charge in [0, 0.05) is 24.5 Å². The van der Waals surface area contributed by atoms with E-state index in [1.807, 2.05) is 0 Å². The Morgan fingerprint density at radius 1 is 1.08 bits per heavy atom. The van der Waals surface area contributed by atoms with E-state index in [0.29, 0.717) is 11.4 Å². The molecular formula is C15H14N4O6. The average molecular weight is 346 g/mol. The first-order valence-electron chi connectivity index (χ1n) is 6.95. The number of hydrogen-bond acceptors (Lipinski definition) is 7. The van der Waals surface area contributed by atoms with Gasteiger partial charge in [-0.3, -0.25) is 25.1 Å². The van der Waals surface area contributed by atoms with E-state index in [0.717, 1.165) is 6.07 Å². The van der Waals surface area contributed by atoms with Crippen molar-refractivity contribution in [1.82, 2.24) is 0 Å².